The first-order valence-electron chi connectivity index (χ1n) is 56.3. The number of allylic oxidation sites excluding steroid dienone is 2. The fourth-order valence-electron chi connectivity index (χ4n) is 18.2. The van der Waals surface area contributed by atoms with Gasteiger partial charge in [0.2, 0.25) is 23.6 Å². The van der Waals surface area contributed by atoms with Crippen molar-refractivity contribution in [3.63, 3.8) is 0 Å². The van der Waals surface area contributed by atoms with Crippen molar-refractivity contribution in [1.29, 1.82) is 0 Å². The maximum atomic E-state index is 12.5. The van der Waals surface area contributed by atoms with Gasteiger partial charge in [-0.25, -0.2) is 0 Å². The Morgan fingerprint density at radius 3 is 0.731 bits per heavy atom. The molecule has 0 aliphatic rings. The lowest BCUT2D eigenvalue weighted by atomic mass is 10.1. The van der Waals surface area contributed by atoms with Gasteiger partial charge < -0.3 is 78.3 Å². The molecule has 0 aliphatic carbocycles. The van der Waals surface area contributed by atoms with Crippen LogP contribution in [0.15, 0.2) is 75.9 Å². The van der Waals surface area contributed by atoms with Gasteiger partial charge in [0.25, 0.3) is 0 Å². The van der Waals surface area contributed by atoms with Crippen molar-refractivity contribution < 1.29 is 87.5 Å². The van der Waals surface area contributed by atoms with Crippen molar-refractivity contribution in [2.75, 3.05) is 86.4 Å². The van der Waals surface area contributed by atoms with Gasteiger partial charge in [0, 0.05) is 79.4 Å². The summed E-state index contributed by atoms with van der Waals surface area (Å²) in [5.74, 6) is -0.208. The van der Waals surface area contributed by atoms with E-state index < -0.39 is 135 Å². The molecule has 0 aliphatic heterocycles. The van der Waals surface area contributed by atoms with Gasteiger partial charge in [0.15, 0.2) is 128 Å². The quantitative estimate of drug-likeness (QED) is 0.0250. The lowest BCUT2D eigenvalue weighted by Gasteiger charge is -2.35. The average molecular weight is 2290 g/mol. The number of hydrogen-bond donors (Lipinski definition) is 4. The molecule has 0 fully saturated rings. The molecule has 145 heavy (non-hydrogen) atoms. The van der Waals surface area contributed by atoms with E-state index in [4.69, 9.17) is 43.4 Å². The highest BCUT2D eigenvalue weighted by Gasteiger charge is 2.40. The molecular formula is C108H236N4O19Si14. The highest BCUT2D eigenvalue weighted by molar-refractivity contribution is 6.88. The van der Waals surface area contributed by atoms with E-state index in [1.807, 2.05) is 11.9 Å². The number of carbonyl (C=O) groups excluding carboxylic acids is 6. The number of amides is 4. The third-order valence-corrected chi connectivity index (χ3v) is 78.0. The number of unbranched alkanes of at least 4 members (excludes halogenated alkanes) is 8. The molecule has 0 rings (SSSR count). The van der Waals surface area contributed by atoms with E-state index in [0.29, 0.717) is 45.6 Å². The third-order valence-electron chi connectivity index (χ3n) is 25.3. The Morgan fingerprint density at radius 2 is 0.476 bits per heavy atom. The van der Waals surface area contributed by atoms with Crippen LogP contribution in [0.25, 0.3) is 0 Å². The van der Waals surface area contributed by atoms with Crippen LogP contribution in [0.4, 0.5) is 0 Å². The van der Waals surface area contributed by atoms with E-state index in [2.05, 4.69) is 271 Å². The van der Waals surface area contributed by atoms with Gasteiger partial charge in [-0.15, -0.1) is 0 Å². The summed E-state index contributed by atoms with van der Waals surface area (Å²) in [6.45, 7) is 107. The third kappa shape index (κ3) is 94.2. The van der Waals surface area contributed by atoms with Gasteiger partial charge >= 0.3 is 0 Å². The Morgan fingerprint density at radius 1 is 0.255 bits per heavy atom. The SMILES string of the molecule is C=CC(=O)CCC(O)COCCC[Si](C)(C)O[Si](C)(C)CCCC.C=CC(=O)CCCC[Si](C)(C)O[Si](C)(C)CCCC.C=CC(=O)N(C)CC(O)COCCC[Si](C)(C)O[Si](C)(C)CCCC.C=CC(=O)N(C)CCC[Si](C)(C)O[Si](C)(C)CCCC.C=CC(=O)N(CCC[Si](C)(C)O[Si](C)(C)CCCC)CC(O)CO.C=CC(=O)N(CCC[Si](C)(C)O[Si](C)(C)CCCC)CCC[Si](C)(C)O[Si](C)(C)CCCC. The molecule has 0 saturated heterocycles. The van der Waals surface area contributed by atoms with E-state index in [1.54, 1.807) is 16.8 Å². The molecule has 0 aromatic carbocycles. The van der Waals surface area contributed by atoms with Gasteiger partial charge in [0.1, 0.15) is 0 Å². The number of rotatable bonds is 82. The normalized spacial score (nSPS) is 13.2. The first-order valence-corrected chi connectivity index (χ1v) is 99.9. The van der Waals surface area contributed by atoms with Gasteiger partial charge in [-0.05, 0) is 356 Å². The maximum Gasteiger partial charge on any atom is 0.246 e. The summed E-state index contributed by atoms with van der Waals surface area (Å²) in [5.41, 5.74) is 0. The number of aliphatic hydroxyl groups excluding tert-OH is 4. The maximum absolute atomic E-state index is 12.5. The Kier molecular flexibility index (Phi) is 86.7. The van der Waals surface area contributed by atoms with E-state index in [1.165, 1.54) is 180 Å². The molecule has 37 heteroatoms. The number of likely N-dealkylation sites (N-methyl/N-ethyl adjacent to an activating group) is 2. The Labute approximate surface area is 909 Å². The van der Waals surface area contributed by atoms with Crippen LogP contribution in [0.5, 0.6) is 0 Å². The average Bonchev–Trinajstić information content (AvgIpc) is 0.877. The molecule has 4 amide bonds. The van der Waals surface area contributed by atoms with Crippen LogP contribution in [0.2, 0.25) is 268 Å². The van der Waals surface area contributed by atoms with Gasteiger partial charge in [-0.1, -0.05) is 184 Å². The van der Waals surface area contributed by atoms with Crippen molar-refractivity contribution in [1.82, 2.24) is 19.6 Å². The molecule has 858 valence electrons. The summed E-state index contributed by atoms with van der Waals surface area (Å²) < 4.78 is 57.4. The van der Waals surface area contributed by atoms with Gasteiger partial charge in [0.05, 0.1) is 38.1 Å². The van der Waals surface area contributed by atoms with E-state index in [-0.39, 0.29) is 61.5 Å². The molecule has 0 bridgehead atoms. The predicted molar refractivity (Wildman–Crippen MR) is 661 cm³/mol. The van der Waals surface area contributed by atoms with E-state index in [9.17, 15) is 44.1 Å². The standard InChI is InChI=1S/C25H57NO3Si4.C18H39NO4Si2.C18H38O4Si2.C17H37NO4Si2.C15H33NO2Si2.C15H32O2Si2/c1-12-15-21-30(4,5)28-32(8,9)23-17-19-26(25(27)14-3)20-18-24-33(10,11)29-31(6,7)22-16-13-2;1-8-10-13-24(4,5)23-25(6,7)14-11-12-22-16-17(20)15-19(3)18(21)9-2;1-7-9-14-23(3,4)22-24(5,6)15-10-13-21-16-18(20)12-11-17(19)8-2;1-7-9-12-23(3,4)22-24(5,6)13-10-11-18(17(21)8-2)14-16(20)15-19;1-8-10-13-19(4,5)18-20(6,7)14-11-12-16(3)15(17)9-2;1-7-9-13-18(3,4)17-19(5,6)14-11-10-12-15(16)8-2/h14H,3,12-13,15-24H2,1-2,4-11H3;9,17,20H,2,8,10-16H2,1,3-7H3;8,18,20H,2,7,9-16H2,1,3-6H3;8,16,19-20H,2,7,9-15H2,1,3-6H3;9H,2,8,10-14H2,1,3-7H3;8H,2,7,9-14H2,1,3-6H3. The topological polar surface area (TPSA) is 279 Å². The summed E-state index contributed by atoms with van der Waals surface area (Å²) in [5, 5.41) is 38.2. The van der Waals surface area contributed by atoms with Crippen molar-refractivity contribution in [2.24, 2.45) is 0 Å². The molecule has 3 atom stereocenters. The fraction of sp³-hybridized carbons (Fsp3) is 0.833. The monoisotopic (exact) mass is 2290 g/mol. The molecule has 0 saturated carbocycles. The van der Waals surface area contributed by atoms with Crippen molar-refractivity contribution in [3.8, 4) is 0 Å². The minimum Gasteiger partial charge on any atom is -0.455 e. The number of aliphatic hydroxyl groups is 4. The summed E-state index contributed by atoms with van der Waals surface area (Å²) in [4.78, 5) is 76.1. The second kappa shape index (κ2) is 81.8. The molecule has 0 spiro atoms. The molecule has 4 N–H and O–H groups in total. The second-order valence-electron chi connectivity index (χ2n) is 49.0. The van der Waals surface area contributed by atoms with Crippen LogP contribution in [-0.4, -0.2) is 296 Å². The zero-order valence-corrected chi connectivity index (χ0v) is 115. The molecular weight excluding hydrogens is 2050 g/mol. The highest BCUT2D eigenvalue weighted by atomic mass is 28.5. The van der Waals surface area contributed by atoms with Crippen LogP contribution >= 0.6 is 0 Å². The smallest absolute Gasteiger partial charge is 0.246 e. The van der Waals surface area contributed by atoms with Gasteiger partial charge in [-0.3, -0.25) is 28.8 Å². The first-order chi connectivity index (χ1) is 66.6. The Hall–Kier alpha value is -1.82. The van der Waals surface area contributed by atoms with Crippen LogP contribution in [0.1, 0.15) is 209 Å². The van der Waals surface area contributed by atoms with Crippen LogP contribution < -0.4 is 0 Å². The van der Waals surface area contributed by atoms with Crippen LogP contribution in [0, 0.1) is 0 Å². The number of hydrogen-bond acceptors (Lipinski definition) is 19. The molecule has 23 nitrogen and oxygen atoms in total. The van der Waals surface area contributed by atoms with E-state index >= 15 is 0 Å². The summed E-state index contributed by atoms with van der Waals surface area (Å²) in [6, 6.07) is 16.3. The first kappa shape index (κ1) is 154. The number of nitrogens with zero attached hydrogens (tertiary/aromatic N) is 4. The molecule has 0 heterocycles. The summed E-state index contributed by atoms with van der Waals surface area (Å²) in [7, 11) is -19.0. The minimum atomic E-state index is -1.76. The number of ketones is 2. The molecule has 0 aromatic rings. The number of ether oxygens (including phenoxy) is 2. The predicted octanol–water partition coefficient (Wildman–Crippen LogP) is 28.7. The summed E-state index contributed by atoms with van der Waals surface area (Å²) in [6.07, 6.45) is 32.7. The zero-order valence-electron chi connectivity index (χ0n) is 101. The van der Waals surface area contributed by atoms with Crippen LogP contribution in [0.3, 0.4) is 0 Å². The highest BCUT2D eigenvalue weighted by Crippen LogP contribution is 2.33. The van der Waals surface area contributed by atoms with Crippen molar-refractivity contribution in [2.45, 2.75) is 495 Å². The molecule has 3 unspecified atom stereocenters. The molecule has 0 radical (unpaired) electrons. The largest absolute Gasteiger partial charge is 0.455 e. The van der Waals surface area contributed by atoms with Crippen molar-refractivity contribution >= 4 is 152 Å². The summed E-state index contributed by atoms with van der Waals surface area (Å²) >= 11 is 0. The van der Waals surface area contributed by atoms with Crippen LogP contribution in [-0.2, 0) is 67.0 Å². The zero-order chi connectivity index (χ0) is 113. The number of carbonyl (C=O) groups is 6. The van der Waals surface area contributed by atoms with Gasteiger partial charge in [-0.2, -0.15) is 0 Å². The Balaban J connectivity index is -0.000000403. The second-order valence-corrected chi connectivity index (χ2v) is 111. The minimum absolute atomic E-state index is 0.00282. The lowest BCUT2D eigenvalue weighted by Crippen LogP contribution is -2.45. The lowest BCUT2D eigenvalue weighted by molar-refractivity contribution is -0.128. The Bertz CT molecular complexity index is 3420. The van der Waals surface area contributed by atoms with Crippen molar-refractivity contribution in [3.05, 3.63) is 75.9 Å². The van der Waals surface area contributed by atoms with E-state index in [0.717, 1.165) is 107 Å². The fourth-order valence-corrected chi connectivity index (χ4v) is 81.3. The molecule has 0 aromatic heterocycles.